The van der Waals surface area contributed by atoms with Crippen molar-refractivity contribution in [3.63, 3.8) is 0 Å². The van der Waals surface area contributed by atoms with Gasteiger partial charge in [-0.3, -0.25) is 4.79 Å². The Balaban J connectivity index is 2.89. The molecule has 0 N–H and O–H groups in total. The second-order valence-corrected chi connectivity index (χ2v) is 3.50. The van der Waals surface area contributed by atoms with Crippen LogP contribution < -0.4 is 0 Å². The van der Waals surface area contributed by atoms with Gasteiger partial charge in [0.15, 0.2) is 6.61 Å². The number of carbonyl (C=O) groups excluding carboxylic acids is 1. The van der Waals surface area contributed by atoms with Crippen molar-refractivity contribution in [2.24, 2.45) is 5.92 Å². The minimum absolute atomic E-state index is 0.0320. The molecule has 1 amide bonds. The van der Waals surface area contributed by atoms with Crippen LogP contribution in [0.4, 0.5) is 0 Å². The minimum Gasteiger partial charge on any atom is -0.486 e. The van der Waals surface area contributed by atoms with Gasteiger partial charge >= 0.3 is 0 Å². The first-order chi connectivity index (χ1) is 6.07. The number of ether oxygens (including phenoxy) is 1. The van der Waals surface area contributed by atoms with Crippen molar-refractivity contribution >= 4 is 5.91 Å². The standard InChI is InChI=1S/C10H17NO2/c1-5-7(2)10-8(3)11(4)9(12)6-13-10/h7H,5-6H2,1-4H3. The van der Waals surface area contributed by atoms with Crippen LogP contribution in [0.2, 0.25) is 0 Å². The van der Waals surface area contributed by atoms with Crippen LogP contribution in [0.1, 0.15) is 27.2 Å². The van der Waals surface area contributed by atoms with Gasteiger partial charge in [-0.25, -0.2) is 0 Å². The zero-order valence-corrected chi connectivity index (χ0v) is 8.76. The Morgan fingerprint density at radius 3 is 2.77 bits per heavy atom. The molecule has 3 heteroatoms. The van der Waals surface area contributed by atoms with Gasteiger partial charge in [0.25, 0.3) is 5.91 Å². The van der Waals surface area contributed by atoms with E-state index in [1.165, 1.54) is 0 Å². The molecule has 1 rings (SSSR count). The lowest BCUT2D eigenvalue weighted by Gasteiger charge is -2.29. The van der Waals surface area contributed by atoms with Gasteiger partial charge in [0, 0.05) is 13.0 Å². The van der Waals surface area contributed by atoms with Gasteiger partial charge in [0.2, 0.25) is 0 Å². The third-order valence-electron chi connectivity index (χ3n) is 2.64. The molecule has 1 aliphatic heterocycles. The Labute approximate surface area is 79.4 Å². The van der Waals surface area contributed by atoms with E-state index in [2.05, 4.69) is 13.8 Å². The Bertz CT molecular complexity index is 245. The Morgan fingerprint density at radius 2 is 2.23 bits per heavy atom. The van der Waals surface area contributed by atoms with Gasteiger partial charge in [-0.1, -0.05) is 13.8 Å². The van der Waals surface area contributed by atoms with E-state index in [0.29, 0.717) is 5.92 Å². The van der Waals surface area contributed by atoms with Gasteiger partial charge in [-0.05, 0) is 13.3 Å². The van der Waals surface area contributed by atoms with E-state index in [-0.39, 0.29) is 12.5 Å². The van der Waals surface area contributed by atoms with Crippen LogP contribution in [0.3, 0.4) is 0 Å². The van der Waals surface area contributed by atoms with Crippen LogP contribution in [0.15, 0.2) is 11.5 Å². The van der Waals surface area contributed by atoms with Crippen molar-refractivity contribution < 1.29 is 9.53 Å². The fourth-order valence-corrected chi connectivity index (χ4v) is 1.38. The van der Waals surface area contributed by atoms with Crippen LogP contribution in [0.25, 0.3) is 0 Å². The zero-order valence-electron chi connectivity index (χ0n) is 8.76. The predicted molar refractivity (Wildman–Crippen MR) is 50.9 cm³/mol. The normalized spacial score (nSPS) is 20.3. The number of nitrogens with zero attached hydrogens (tertiary/aromatic N) is 1. The van der Waals surface area contributed by atoms with Gasteiger partial charge in [0.1, 0.15) is 5.76 Å². The molecule has 0 aliphatic carbocycles. The summed E-state index contributed by atoms with van der Waals surface area (Å²) in [5.74, 6) is 1.39. The second-order valence-electron chi connectivity index (χ2n) is 3.50. The molecule has 0 bridgehead atoms. The number of amides is 1. The molecule has 3 nitrogen and oxygen atoms in total. The summed E-state index contributed by atoms with van der Waals surface area (Å²) in [6.07, 6.45) is 1.04. The molecule has 1 atom stereocenters. The summed E-state index contributed by atoms with van der Waals surface area (Å²) in [5.41, 5.74) is 0.950. The van der Waals surface area contributed by atoms with Crippen LogP contribution in [0.5, 0.6) is 0 Å². The highest BCUT2D eigenvalue weighted by molar-refractivity contribution is 5.80. The maximum atomic E-state index is 11.2. The topological polar surface area (TPSA) is 29.5 Å². The van der Waals surface area contributed by atoms with E-state index in [1.54, 1.807) is 11.9 Å². The largest absolute Gasteiger partial charge is 0.486 e. The molecule has 1 unspecified atom stereocenters. The van der Waals surface area contributed by atoms with Crippen molar-refractivity contribution in [2.45, 2.75) is 27.2 Å². The summed E-state index contributed by atoms with van der Waals surface area (Å²) in [7, 11) is 1.79. The van der Waals surface area contributed by atoms with E-state index in [9.17, 15) is 4.79 Å². The minimum atomic E-state index is 0.0320. The van der Waals surface area contributed by atoms with Crippen LogP contribution in [-0.4, -0.2) is 24.5 Å². The summed E-state index contributed by atoms with van der Waals surface area (Å²) in [4.78, 5) is 12.9. The average Bonchev–Trinajstić information content (AvgIpc) is 2.13. The molecule has 1 aliphatic rings. The second kappa shape index (κ2) is 3.81. The summed E-state index contributed by atoms with van der Waals surface area (Å²) in [5, 5.41) is 0. The monoisotopic (exact) mass is 183 g/mol. The van der Waals surface area contributed by atoms with Crippen molar-refractivity contribution in [2.75, 3.05) is 13.7 Å². The van der Waals surface area contributed by atoms with E-state index in [4.69, 9.17) is 4.74 Å². The number of likely N-dealkylation sites (N-methyl/N-ethyl adjacent to an activating group) is 1. The molecule has 0 fully saturated rings. The average molecular weight is 183 g/mol. The highest BCUT2D eigenvalue weighted by Crippen LogP contribution is 2.24. The lowest BCUT2D eigenvalue weighted by molar-refractivity contribution is -0.134. The number of hydrogen-bond acceptors (Lipinski definition) is 2. The van der Waals surface area contributed by atoms with E-state index >= 15 is 0 Å². The molecule has 0 aromatic heterocycles. The van der Waals surface area contributed by atoms with E-state index in [1.807, 2.05) is 6.92 Å². The molecule has 0 aromatic rings. The molecule has 0 radical (unpaired) electrons. The molecule has 1 heterocycles. The zero-order chi connectivity index (χ0) is 10.0. The molecule has 74 valence electrons. The van der Waals surface area contributed by atoms with Crippen molar-refractivity contribution in [3.05, 3.63) is 11.5 Å². The first-order valence-corrected chi connectivity index (χ1v) is 4.68. The van der Waals surface area contributed by atoms with E-state index < -0.39 is 0 Å². The predicted octanol–water partition coefficient (Wildman–Crippen LogP) is 1.75. The van der Waals surface area contributed by atoms with Crippen molar-refractivity contribution in [1.29, 1.82) is 0 Å². The summed E-state index contributed by atoms with van der Waals surface area (Å²) in [6, 6.07) is 0. The summed E-state index contributed by atoms with van der Waals surface area (Å²) in [6.45, 7) is 6.35. The van der Waals surface area contributed by atoms with Crippen molar-refractivity contribution in [3.8, 4) is 0 Å². The molecule has 0 aromatic carbocycles. The SMILES string of the molecule is CCC(C)C1=C(C)N(C)C(=O)CO1. The summed E-state index contributed by atoms with van der Waals surface area (Å²) >= 11 is 0. The van der Waals surface area contributed by atoms with Crippen molar-refractivity contribution in [1.82, 2.24) is 4.90 Å². The molecule has 0 spiro atoms. The Hall–Kier alpha value is -0.990. The maximum Gasteiger partial charge on any atom is 0.264 e. The third kappa shape index (κ3) is 1.85. The lowest BCUT2D eigenvalue weighted by Crippen LogP contribution is -2.35. The summed E-state index contributed by atoms with van der Waals surface area (Å²) < 4.78 is 5.41. The molecule has 13 heavy (non-hydrogen) atoms. The smallest absolute Gasteiger partial charge is 0.264 e. The highest BCUT2D eigenvalue weighted by atomic mass is 16.5. The first-order valence-electron chi connectivity index (χ1n) is 4.68. The quantitative estimate of drug-likeness (QED) is 0.652. The number of allylic oxidation sites excluding steroid dienone is 2. The maximum absolute atomic E-state index is 11.2. The highest BCUT2D eigenvalue weighted by Gasteiger charge is 2.24. The number of carbonyl (C=O) groups is 1. The first kappa shape index (κ1) is 10.1. The van der Waals surface area contributed by atoms with Crippen LogP contribution >= 0.6 is 0 Å². The fraction of sp³-hybridized carbons (Fsp3) is 0.700. The van der Waals surface area contributed by atoms with Crippen LogP contribution in [0, 0.1) is 5.92 Å². The Kier molecular flexibility index (Phi) is 2.96. The van der Waals surface area contributed by atoms with Gasteiger partial charge in [-0.2, -0.15) is 0 Å². The molecular weight excluding hydrogens is 166 g/mol. The van der Waals surface area contributed by atoms with E-state index in [0.717, 1.165) is 17.9 Å². The van der Waals surface area contributed by atoms with Gasteiger partial charge in [-0.15, -0.1) is 0 Å². The molecule has 0 saturated heterocycles. The Morgan fingerprint density at radius 1 is 1.62 bits per heavy atom. The number of rotatable bonds is 2. The van der Waals surface area contributed by atoms with Gasteiger partial charge < -0.3 is 9.64 Å². The number of hydrogen-bond donors (Lipinski definition) is 0. The fourth-order valence-electron chi connectivity index (χ4n) is 1.38. The molecular formula is C10H17NO2. The third-order valence-corrected chi connectivity index (χ3v) is 2.64. The van der Waals surface area contributed by atoms with Crippen LogP contribution in [-0.2, 0) is 9.53 Å². The lowest BCUT2D eigenvalue weighted by atomic mass is 10.0. The van der Waals surface area contributed by atoms with Gasteiger partial charge in [0.05, 0.1) is 5.70 Å². The molecule has 0 saturated carbocycles.